The molecule has 0 spiro atoms. The smallest absolute Gasteiger partial charge is 0.287 e. The van der Waals surface area contributed by atoms with E-state index < -0.39 is 27.6 Å². The van der Waals surface area contributed by atoms with Crippen molar-refractivity contribution in [2.24, 2.45) is 0 Å². The molecule has 0 aromatic rings. The number of amides is 1. The van der Waals surface area contributed by atoms with Gasteiger partial charge in [0.2, 0.25) is 5.78 Å². The molecule has 0 radical (unpaired) electrons. The Kier molecular flexibility index (Phi) is 3.84. The maximum absolute atomic E-state index is 10.5. The topological polar surface area (TPSA) is 101 Å². The molecule has 0 saturated carbocycles. The SMILES string of the molecule is CC(=O)C(=O)NCCS(=O)(=O)O. The van der Waals surface area contributed by atoms with E-state index in [1.165, 1.54) is 0 Å². The minimum atomic E-state index is -4.07. The monoisotopic (exact) mass is 195 g/mol. The molecule has 1 amide bonds. The molecule has 0 aliphatic carbocycles. The van der Waals surface area contributed by atoms with Crippen molar-refractivity contribution in [3.8, 4) is 0 Å². The first kappa shape index (κ1) is 11.1. The molecule has 0 aliphatic rings. The van der Waals surface area contributed by atoms with E-state index in [1.54, 1.807) is 0 Å². The Morgan fingerprint density at radius 2 is 1.92 bits per heavy atom. The van der Waals surface area contributed by atoms with Crippen LogP contribution in [-0.4, -0.2) is 37.0 Å². The Bertz CT molecular complexity index is 280. The summed E-state index contributed by atoms with van der Waals surface area (Å²) in [4.78, 5) is 20.8. The van der Waals surface area contributed by atoms with Crippen molar-refractivity contribution in [3.05, 3.63) is 0 Å². The summed E-state index contributed by atoms with van der Waals surface area (Å²) in [7, 11) is -4.07. The van der Waals surface area contributed by atoms with Crippen LogP contribution < -0.4 is 5.32 Å². The Labute approximate surface area is 69.7 Å². The lowest BCUT2D eigenvalue weighted by molar-refractivity contribution is -0.136. The highest BCUT2D eigenvalue weighted by Crippen LogP contribution is 1.79. The standard InChI is InChI=1S/C5H9NO5S/c1-4(7)5(8)6-2-3-12(9,10)11/h2-3H2,1H3,(H,6,8)(H,9,10,11). The van der Waals surface area contributed by atoms with Gasteiger partial charge in [0.15, 0.2) is 0 Å². The fraction of sp³-hybridized carbons (Fsp3) is 0.600. The van der Waals surface area contributed by atoms with Crippen LogP contribution >= 0.6 is 0 Å². The van der Waals surface area contributed by atoms with E-state index in [0.29, 0.717) is 0 Å². The summed E-state index contributed by atoms with van der Waals surface area (Å²) in [6, 6.07) is 0. The van der Waals surface area contributed by atoms with Crippen LogP contribution in [0.2, 0.25) is 0 Å². The lowest BCUT2D eigenvalue weighted by Gasteiger charge is -1.99. The molecule has 0 bridgehead atoms. The maximum Gasteiger partial charge on any atom is 0.287 e. The zero-order valence-corrected chi connectivity index (χ0v) is 7.22. The van der Waals surface area contributed by atoms with E-state index in [4.69, 9.17) is 4.55 Å². The van der Waals surface area contributed by atoms with Gasteiger partial charge >= 0.3 is 0 Å². The number of rotatable bonds is 4. The number of Topliss-reactive ketones (excluding diaryl/α,β-unsaturated/α-hetero) is 1. The van der Waals surface area contributed by atoms with Gasteiger partial charge in [-0.05, 0) is 0 Å². The summed E-state index contributed by atoms with van der Waals surface area (Å²) in [6.45, 7) is 0.792. The summed E-state index contributed by atoms with van der Waals surface area (Å²) in [6.07, 6.45) is 0. The minimum absolute atomic E-state index is 0.267. The van der Waals surface area contributed by atoms with Gasteiger partial charge in [-0.1, -0.05) is 0 Å². The number of hydrogen-bond acceptors (Lipinski definition) is 4. The van der Waals surface area contributed by atoms with E-state index in [2.05, 4.69) is 0 Å². The second-order valence-corrected chi connectivity index (χ2v) is 3.67. The third kappa shape index (κ3) is 5.81. The lowest BCUT2D eigenvalue weighted by atomic mass is 10.4. The average Bonchev–Trinajstić information content (AvgIpc) is 1.84. The highest BCUT2D eigenvalue weighted by atomic mass is 32.2. The quantitative estimate of drug-likeness (QED) is 0.423. The fourth-order valence-corrected chi connectivity index (χ4v) is 0.778. The lowest BCUT2D eigenvalue weighted by Crippen LogP contribution is -2.33. The zero-order valence-electron chi connectivity index (χ0n) is 6.40. The molecule has 0 rings (SSSR count). The molecule has 0 fully saturated rings. The van der Waals surface area contributed by atoms with Gasteiger partial charge in [-0.2, -0.15) is 8.42 Å². The molecule has 0 unspecified atom stereocenters. The molecule has 0 saturated heterocycles. The summed E-state index contributed by atoms with van der Waals surface area (Å²) >= 11 is 0. The van der Waals surface area contributed by atoms with Crippen LogP contribution in [0, 0.1) is 0 Å². The average molecular weight is 195 g/mol. The van der Waals surface area contributed by atoms with E-state index in [0.717, 1.165) is 6.92 Å². The van der Waals surface area contributed by atoms with Crippen LogP contribution in [0.1, 0.15) is 6.92 Å². The first-order valence-corrected chi connectivity index (χ1v) is 4.68. The number of ketones is 1. The van der Waals surface area contributed by atoms with Gasteiger partial charge in [0.05, 0.1) is 5.75 Å². The van der Waals surface area contributed by atoms with Crippen molar-refractivity contribution in [2.45, 2.75) is 6.92 Å². The van der Waals surface area contributed by atoms with Gasteiger partial charge < -0.3 is 5.32 Å². The fourth-order valence-electron chi connectivity index (χ4n) is 0.418. The zero-order chi connectivity index (χ0) is 9.78. The molecule has 0 atom stereocenters. The number of carbonyl (C=O) groups is 2. The first-order chi connectivity index (χ1) is 5.33. The summed E-state index contributed by atoms with van der Waals surface area (Å²) < 4.78 is 28.4. The number of hydrogen-bond donors (Lipinski definition) is 2. The second-order valence-electron chi connectivity index (χ2n) is 2.10. The summed E-state index contributed by atoms with van der Waals surface area (Å²) in [5.41, 5.74) is 0. The number of carbonyl (C=O) groups excluding carboxylic acids is 2. The predicted octanol–water partition coefficient (Wildman–Crippen LogP) is -1.42. The molecule has 7 heteroatoms. The number of nitrogens with one attached hydrogen (secondary N) is 1. The van der Waals surface area contributed by atoms with E-state index in [-0.39, 0.29) is 6.54 Å². The van der Waals surface area contributed by atoms with E-state index in [1.807, 2.05) is 5.32 Å². The van der Waals surface area contributed by atoms with Gasteiger partial charge in [0.25, 0.3) is 16.0 Å². The third-order valence-electron chi connectivity index (χ3n) is 0.965. The van der Waals surface area contributed by atoms with Gasteiger partial charge in [-0.25, -0.2) is 0 Å². The molecule has 0 aliphatic heterocycles. The van der Waals surface area contributed by atoms with Crippen molar-refractivity contribution >= 4 is 21.8 Å². The normalized spacial score (nSPS) is 10.8. The Morgan fingerprint density at radius 3 is 2.25 bits per heavy atom. The van der Waals surface area contributed by atoms with Crippen molar-refractivity contribution in [2.75, 3.05) is 12.3 Å². The molecule has 70 valence electrons. The van der Waals surface area contributed by atoms with E-state index in [9.17, 15) is 18.0 Å². The van der Waals surface area contributed by atoms with Gasteiger partial charge in [0.1, 0.15) is 0 Å². The Hall–Kier alpha value is -0.950. The summed E-state index contributed by atoms with van der Waals surface area (Å²) in [5.74, 6) is -2.16. The first-order valence-electron chi connectivity index (χ1n) is 3.07. The van der Waals surface area contributed by atoms with Crippen LogP contribution in [0.3, 0.4) is 0 Å². The molecule has 12 heavy (non-hydrogen) atoms. The van der Waals surface area contributed by atoms with Crippen molar-refractivity contribution < 1.29 is 22.6 Å². The Morgan fingerprint density at radius 1 is 1.42 bits per heavy atom. The van der Waals surface area contributed by atoms with E-state index >= 15 is 0 Å². The van der Waals surface area contributed by atoms with Gasteiger partial charge in [0, 0.05) is 13.5 Å². The van der Waals surface area contributed by atoms with Crippen LogP contribution in [0.4, 0.5) is 0 Å². The Balaban J connectivity index is 3.73. The minimum Gasteiger partial charge on any atom is -0.348 e. The van der Waals surface area contributed by atoms with Crippen LogP contribution in [0.5, 0.6) is 0 Å². The summed E-state index contributed by atoms with van der Waals surface area (Å²) in [5, 5.41) is 2.01. The largest absolute Gasteiger partial charge is 0.348 e. The van der Waals surface area contributed by atoms with Crippen LogP contribution in [0.15, 0.2) is 0 Å². The molecule has 0 heterocycles. The van der Waals surface area contributed by atoms with Gasteiger partial charge in [-0.3, -0.25) is 14.1 Å². The van der Waals surface area contributed by atoms with Gasteiger partial charge in [-0.15, -0.1) is 0 Å². The molecule has 2 N–H and O–H groups in total. The second kappa shape index (κ2) is 4.17. The van der Waals surface area contributed by atoms with Crippen LogP contribution in [-0.2, 0) is 19.7 Å². The highest BCUT2D eigenvalue weighted by molar-refractivity contribution is 7.85. The molecular weight excluding hydrogens is 186 g/mol. The van der Waals surface area contributed by atoms with Crippen molar-refractivity contribution in [3.63, 3.8) is 0 Å². The predicted molar refractivity (Wildman–Crippen MR) is 40.1 cm³/mol. The van der Waals surface area contributed by atoms with Crippen molar-refractivity contribution in [1.82, 2.24) is 5.32 Å². The molecular formula is C5H9NO5S. The highest BCUT2D eigenvalue weighted by Gasteiger charge is 2.08. The molecule has 0 aromatic heterocycles. The van der Waals surface area contributed by atoms with Crippen LogP contribution in [0.25, 0.3) is 0 Å². The third-order valence-corrected chi connectivity index (χ3v) is 1.69. The molecule has 0 aromatic carbocycles. The maximum atomic E-state index is 10.5. The van der Waals surface area contributed by atoms with Crippen molar-refractivity contribution in [1.29, 1.82) is 0 Å². The molecule has 6 nitrogen and oxygen atoms in total.